The summed E-state index contributed by atoms with van der Waals surface area (Å²) in [6.07, 6.45) is 0.796. The smallest absolute Gasteiger partial charge is 0.191 e. The number of rotatable bonds is 6. The van der Waals surface area contributed by atoms with Gasteiger partial charge in [-0.1, -0.05) is 36.4 Å². The first-order valence-corrected chi connectivity index (χ1v) is 8.92. The van der Waals surface area contributed by atoms with Gasteiger partial charge < -0.3 is 20.2 Å². The quantitative estimate of drug-likeness (QED) is 0.279. The molecule has 3 aromatic rings. The summed E-state index contributed by atoms with van der Waals surface area (Å²) in [6, 6.07) is 18.4. The molecule has 2 unspecified atom stereocenters. The van der Waals surface area contributed by atoms with Crippen molar-refractivity contribution in [1.29, 1.82) is 0 Å². The van der Waals surface area contributed by atoms with Crippen molar-refractivity contribution in [1.82, 2.24) is 10.6 Å². The second-order valence-electron chi connectivity index (χ2n) is 6.22. The van der Waals surface area contributed by atoms with E-state index in [0.29, 0.717) is 11.7 Å². The number of aliphatic imine (C=N–C) groups is 1. The van der Waals surface area contributed by atoms with Crippen LogP contribution in [0.5, 0.6) is 0 Å². The summed E-state index contributed by atoms with van der Waals surface area (Å²) in [5.74, 6) is 1.19. The van der Waals surface area contributed by atoms with Crippen molar-refractivity contribution in [3.63, 3.8) is 0 Å². The zero-order valence-electron chi connectivity index (χ0n) is 15.6. The molecule has 0 radical (unpaired) electrons. The van der Waals surface area contributed by atoms with E-state index in [0.717, 1.165) is 6.54 Å². The van der Waals surface area contributed by atoms with Gasteiger partial charge in [-0.2, -0.15) is 0 Å². The lowest BCUT2D eigenvalue weighted by atomic mass is 10.0. The van der Waals surface area contributed by atoms with E-state index in [9.17, 15) is 5.11 Å². The van der Waals surface area contributed by atoms with E-state index in [-0.39, 0.29) is 36.6 Å². The zero-order chi connectivity index (χ0) is 18.4. The molecule has 0 aliphatic heterocycles. The summed E-state index contributed by atoms with van der Waals surface area (Å²) in [4.78, 5) is 4.48. The Morgan fingerprint density at radius 2 is 1.89 bits per heavy atom. The van der Waals surface area contributed by atoms with Crippen LogP contribution in [-0.4, -0.2) is 24.2 Å². The Kier molecular flexibility index (Phi) is 8.12. The van der Waals surface area contributed by atoms with Crippen LogP contribution >= 0.6 is 24.0 Å². The molecule has 0 aliphatic carbocycles. The maximum atomic E-state index is 10.1. The van der Waals surface area contributed by atoms with E-state index in [1.54, 1.807) is 18.4 Å². The fourth-order valence-corrected chi connectivity index (χ4v) is 2.83. The molecule has 0 saturated heterocycles. The molecule has 0 fully saturated rings. The van der Waals surface area contributed by atoms with Gasteiger partial charge in [-0.05, 0) is 48.4 Å². The second kappa shape index (κ2) is 10.3. The van der Waals surface area contributed by atoms with Gasteiger partial charge in [0.1, 0.15) is 11.9 Å². The van der Waals surface area contributed by atoms with Crippen LogP contribution in [0.25, 0.3) is 10.8 Å². The standard InChI is InChI=1S/C21H25N3O2.HI/c1-3-22-21(23-14-19(25)20-9-6-12-26-20)24-15(2)17-11-10-16-7-4-5-8-18(16)13-17;/h4-13,15,19,25H,3,14H2,1-2H3,(H2,22,23,24);1H. The van der Waals surface area contributed by atoms with Crippen molar-refractivity contribution in [2.75, 3.05) is 13.1 Å². The predicted molar refractivity (Wildman–Crippen MR) is 121 cm³/mol. The molecule has 27 heavy (non-hydrogen) atoms. The van der Waals surface area contributed by atoms with Crippen LogP contribution < -0.4 is 10.6 Å². The molecule has 2 aromatic carbocycles. The minimum atomic E-state index is -0.753. The molecule has 3 rings (SSSR count). The number of halogens is 1. The minimum Gasteiger partial charge on any atom is -0.467 e. The van der Waals surface area contributed by atoms with Crippen molar-refractivity contribution in [3.8, 4) is 0 Å². The maximum Gasteiger partial charge on any atom is 0.191 e. The number of aliphatic hydroxyl groups is 1. The maximum absolute atomic E-state index is 10.1. The lowest BCUT2D eigenvalue weighted by Crippen LogP contribution is -2.39. The molecule has 3 N–H and O–H groups in total. The molecule has 0 bridgehead atoms. The topological polar surface area (TPSA) is 69.8 Å². The third kappa shape index (κ3) is 5.71. The number of nitrogens with one attached hydrogen (secondary N) is 2. The van der Waals surface area contributed by atoms with Gasteiger partial charge in [0, 0.05) is 6.54 Å². The number of benzene rings is 2. The molecule has 2 atom stereocenters. The molecule has 1 heterocycles. The average Bonchev–Trinajstić information content (AvgIpc) is 3.20. The first-order chi connectivity index (χ1) is 12.7. The Bertz CT molecular complexity index is 865. The zero-order valence-corrected chi connectivity index (χ0v) is 17.9. The third-order valence-corrected chi connectivity index (χ3v) is 4.26. The van der Waals surface area contributed by atoms with Crippen LogP contribution in [0.4, 0.5) is 0 Å². The molecule has 5 nitrogen and oxygen atoms in total. The van der Waals surface area contributed by atoms with Gasteiger partial charge >= 0.3 is 0 Å². The van der Waals surface area contributed by atoms with Gasteiger partial charge in [-0.3, -0.25) is 4.99 Å². The SMILES string of the molecule is CCNC(=NCC(O)c1ccco1)NC(C)c1ccc2ccccc2c1.I. The Morgan fingerprint density at radius 3 is 2.59 bits per heavy atom. The number of hydrogen-bond donors (Lipinski definition) is 3. The van der Waals surface area contributed by atoms with Crippen LogP contribution in [0.1, 0.15) is 37.3 Å². The Balaban J connectivity index is 0.00000261. The van der Waals surface area contributed by atoms with E-state index in [1.165, 1.54) is 16.3 Å². The van der Waals surface area contributed by atoms with E-state index < -0.39 is 6.10 Å². The van der Waals surface area contributed by atoms with Crippen LogP contribution in [0.15, 0.2) is 70.3 Å². The van der Waals surface area contributed by atoms with Gasteiger partial charge in [0.15, 0.2) is 5.96 Å². The number of fused-ring (bicyclic) bond motifs is 1. The highest BCUT2D eigenvalue weighted by Gasteiger charge is 2.12. The van der Waals surface area contributed by atoms with Gasteiger partial charge in [-0.15, -0.1) is 24.0 Å². The van der Waals surface area contributed by atoms with E-state index in [1.807, 2.05) is 19.1 Å². The van der Waals surface area contributed by atoms with Crippen molar-refractivity contribution in [2.45, 2.75) is 26.0 Å². The fraction of sp³-hybridized carbons (Fsp3) is 0.286. The largest absolute Gasteiger partial charge is 0.467 e. The lowest BCUT2D eigenvalue weighted by molar-refractivity contribution is 0.158. The molecular formula is C21H26IN3O2. The molecule has 1 aromatic heterocycles. The number of furan rings is 1. The van der Waals surface area contributed by atoms with Crippen LogP contribution in [0, 0.1) is 0 Å². The van der Waals surface area contributed by atoms with Crippen molar-refractivity contribution in [2.24, 2.45) is 4.99 Å². The van der Waals surface area contributed by atoms with Crippen LogP contribution in [0.3, 0.4) is 0 Å². The molecule has 144 valence electrons. The molecule has 0 saturated carbocycles. The molecule has 0 aliphatic rings. The predicted octanol–water partition coefficient (Wildman–Crippen LogP) is 4.40. The van der Waals surface area contributed by atoms with E-state index in [4.69, 9.17) is 4.42 Å². The third-order valence-electron chi connectivity index (χ3n) is 4.26. The number of aliphatic hydroxyl groups excluding tert-OH is 1. The normalized spacial score (nSPS) is 13.7. The molecule has 0 amide bonds. The Hall–Kier alpha value is -2.06. The molecule has 6 heteroatoms. The van der Waals surface area contributed by atoms with Gasteiger partial charge in [0.2, 0.25) is 0 Å². The molecular weight excluding hydrogens is 453 g/mol. The van der Waals surface area contributed by atoms with Gasteiger partial charge in [0.25, 0.3) is 0 Å². The lowest BCUT2D eigenvalue weighted by Gasteiger charge is -2.19. The van der Waals surface area contributed by atoms with Crippen LogP contribution in [0.2, 0.25) is 0 Å². The average molecular weight is 479 g/mol. The summed E-state index contributed by atoms with van der Waals surface area (Å²) in [5.41, 5.74) is 1.18. The van der Waals surface area contributed by atoms with Crippen molar-refractivity contribution >= 4 is 40.7 Å². The Morgan fingerprint density at radius 1 is 1.11 bits per heavy atom. The number of nitrogens with zero attached hydrogens (tertiary/aromatic N) is 1. The number of guanidine groups is 1. The summed E-state index contributed by atoms with van der Waals surface area (Å²) in [7, 11) is 0. The Labute approximate surface area is 176 Å². The summed E-state index contributed by atoms with van der Waals surface area (Å²) < 4.78 is 5.22. The highest BCUT2D eigenvalue weighted by atomic mass is 127. The highest BCUT2D eigenvalue weighted by molar-refractivity contribution is 14.0. The van der Waals surface area contributed by atoms with Gasteiger partial charge in [0.05, 0.1) is 18.8 Å². The van der Waals surface area contributed by atoms with Gasteiger partial charge in [-0.25, -0.2) is 0 Å². The monoisotopic (exact) mass is 479 g/mol. The molecule has 0 spiro atoms. The highest BCUT2D eigenvalue weighted by Crippen LogP contribution is 2.20. The first-order valence-electron chi connectivity index (χ1n) is 8.92. The summed E-state index contributed by atoms with van der Waals surface area (Å²) >= 11 is 0. The summed E-state index contributed by atoms with van der Waals surface area (Å²) in [6.45, 7) is 5.08. The van der Waals surface area contributed by atoms with Crippen LogP contribution in [-0.2, 0) is 0 Å². The number of hydrogen-bond acceptors (Lipinski definition) is 3. The minimum absolute atomic E-state index is 0. The first kappa shape index (κ1) is 21.2. The van der Waals surface area contributed by atoms with E-state index in [2.05, 4.69) is 52.9 Å². The van der Waals surface area contributed by atoms with E-state index >= 15 is 0 Å². The fourth-order valence-electron chi connectivity index (χ4n) is 2.83. The summed E-state index contributed by atoms with van der Waals surface area (Å²) in [5, 5.41) is 19.2. The second-order valence-corrected chi connectivity index (χ2v) is 6.22. The van der Waals surface area contributed by atoms with Crippen molar-refractivity contribution in [3.05, 3.63) is 72.2 Å². The van der Waals surface area contributed by atoms with Crippen molar-refractivity contribution < 1.29 is 9.52 Å².